The van der Waals surface area contributed by atoms with Crippen molar-refractivity contribution in [3.8, 4) is 0 Å². The lowest BCUT2D eigenvalue weighted by Crippen LogP contribution is -2.39. The zero-order valence-corrected chi connectivity index (χ0v) is 19.3. The monoisotopic (exact) mass is 519 g/mol. The molecule has 0 unspecified atom stereocenters. The zero-order valence-electron chi connectivity index (χ0n) is 15.3. The van der Waals surface area contributed by atoms with Crippen molar-refractivity contribution >= 4 is 51.5 Å². The fourth-order valence-electron chi connectivity index (χ4n) is 2.29. The van der Waals surface area contributed by atoms with Crippen molar-refractivity contribution in [3.05, 3.63) is 60.7 Å². The van der Waals surface area contributed by atoms with Crippen molar-refractivity contribution in [2.45, 2.75) is 16.2 Å². The fraction of sp³-hybridized carbons (Fsp3) is 0.316. The topological polar surface area (TPSA) is 70.6 Å². The Hall–Kier alpha value is -1.26. The lowest BCUT2D eigenvalue weighted by atomic mass is 10.4. The van der Waals surface area contributed by atoms with Gasteiger partial charge in [-0.25, -0.2) is 8.42 Å². The molecule has 148 valence electrons. The van der Waals surface area contributed by atoms with E-state index in [2.05, 4.69) is 27.8 Å². The summed E-state index contributed by atoms with van der Waals surface area (Å²) in [5.74, 6) is 1.73. The maximum Gasteiger partial charge on any atom is 0.191 e. The van der Waals surface area contributed by atoms with E-state index in [0.29, 0.717) is 23.8 Å². The second-order valence-corrected chi connectivity index (χ2v) is 8.85. The number of nitrogens with zero attached hydrogens (tertiary/aromatic N) is 1. The van der Waals surface area contributed by atoms with E-state index >= 15 is 0 Å². The summed E-state index contributed by atoms with van der Waals surface area (Å²) in [4.78, 5) is 5.78. The molecule has 0 bridgehead atoms. The van der Waals surface area contributed by atoms with Gasteiger partial charge in [0, 0.05) is 30.8 Å². The molecule has 0 aliphatic rings. The Balaban J connectivity index is 0.00000364. The summed E-state index contributed by atoms with van der Waals surface area (Å²) in [5.41, 5.74) is 0. The van der Waals surface area contributed by atoms with E-state index in [0.717, 1.165) is 12.3 Å². The average molecular weight is 519 g/mol. The van der Waals surface area contributed by atoms with Gasteiger partial charge in [0.15, 0.2) is 15.8 Å². The molecule has 5 nitrogen and oxygen atoms in total. The first-order valence-corrected chi connectivity index (χ1v) is 11.2. The molecule has 27 heavy (non-hydrogen) atoms. The van der Waals surface area contributed by atoms with Gasteiger partial charge in [-0.05, 0) is 30.7 Å². The molecule has 0 aromatic heterocycles. The number of benzene rings is 2. The van der Waals surface area contributed by atoms with E-state index in [1.54, 1.807) is 43.1 Å². The second-order valence-electron chi connectivity index (χ2n) is 5.57. The minimum absolute atomic E-state index is 0. The number of hydrogen-bond donors (Lipinski definition) is 2. The van der Waals surface area contributed by atoms with Gasteiger partial charge < -0.3 is 10.6 Å². The van der Waals surface area contributed by atoms with E-state index in [1.807, 2.05) is 24.3 Å². The summed E-state index contributed by atoms with van der Waals surface area (Å²) in [5, 5.41) is 6.39. The van der Waals surface area contributed by atoms with Crippen molar-refractivity contribution in [3.63, 3.8) is 0 Å². The second kappa shape index (κ2) is 13.0. The van der Waals surface area contributed by atoms with E-state index < -0.39 is 9.84 Å². The number of hydrogen-bond acceptors (Lipinski definition) is 4. The summed E-state index contributed by atoms with van der Waals surface area (Å²) in [6.45, 7) is 1.33. The van der Waals surface area contributed by atoms with Crippen LogP contribution in [-0.4, -0.2) is 46.0 Å². The van der Waals surface area contributed by atoms with Crippen LogP contribution < -0.4 is 10.6 Å². The maximum atomic E-state index is 12.2. The van der Waals surface area contributed by atoms with E-state index in [9.17, 15) is 8.42 Å². The average Bonchev–Trinajstić information content (AvgIpc) is 2.68. The van der Waals surface area contributed by atoms with E-state index in [1.165, 1.54) is 4.90 Å². The van der Waals surface area contributed by atoms with E-state index in [4.69, 9.17) is 0 Å². The predicted molar refractivity (Wildman–Crippen MR) is 125 cm³/mol. The molecule has 0 heterocycles. The van der Waals surface area contributed by atoms with Crippen LogP contribution in [0.5, 0.6) is 0 Å². The minimum Gasteiger partial charge on any atom is -0.356 e. The molecule has 0 saturated heterocycles. The van der Waals surface area contributed by atoms with Crippen molar-refractivity contribution in [1.29, 1.82) is 0 Å². The summed E-state index contributed by atoms with van der Waals surface area (Å²) < 4.78 is 24.4. The fourth-order valence-corrected chi connectivity index (χ4v) is 4.41. The summed E-state index contributed by atoms with van der Waals surface area (Å²) in [7, 11) is -1.51. The van der Waals surface area contributed by atoms with Gasteiger partial charge in [0.05, 0.1) is 10.6 Å². The molecule has 0 radical (unpaired) electrons. The third-order valence-electron chi connectivity index (χ3n) is 3.61. The number of thioether (sulfide) groups is 1. The normalized spacial score (nSPS) is 11.5. The smallest absolute Gasteiger partial charge is 0.191 e. The van der Waals surface area contributed by atoms with Crippen molar-refractivity contribution in [2.24, 2.45) is 4.99 Å². The Morgan fingerprint density at radius 2 is 1.56 bits per heavy atom. The van der Waals surface area contributed by atoms with Crippen LogP contribution >= 0.6 is 35.7 Å². The molecule has 0 saturated carbocycles. The van der Waals surface area contributed by atoms with Crippen LogP contribution in [0.1, 0.15) is 6.42 Å². The zero-order chi connectivity index (χ0) is 18.7. The number of guanidine groups is 1. The lowest BCUT2D eigenvalue weighted by Gasteiger charge is -2.12. The van der Waals surface area contributed by atoms with Crippen LogP contribution in [0.15, 0.2) is 75.4 Å². The van der Waals surface area contributed by atoms with Crippen LogP contribution in [0.2, 0.25) is 0 Å². The number of aliphatic imine (C=N–C) groups is 1. The van der Waals surface area contributed by atoms with Gasteiger partial charge in [-0.2, -0.15) is 0 Å². The van der Waals surface area contributed by atoms with Gasteiger partial charge >= 0.3 is 0 Å². The van der Waals surface area contributed by atoms with Crippen molar-refractivity contribution < 1.29 is 8.42 Å². The minimum atomic E-state index is -3.22. The standard InChI is InChI=1S/C19H25N3O2S2.HI/c1-20-19(22-14-15-25-17-9-4-2-5-10-17)21-13-8-16-26(23,24)18-11-6-3-7-12-18;/h2-7,9-12H,8,13-16H2,1H3,(H2,20,21,22);1H. The van der Waals surface area contributed by atoms with Gasteiger partial charge in [0.1, 0.15) is 0 Å². The molecule has 0 spiro atoms. The SMILES string of the molecule is CN=C(NCCCS(=O)(=O)c1ccccc1)NCCSc1ccccc1.I. The highest BCUT2D eigenvalue weighted by Gasteiger charge is 2.13. The Morgan fingerprint density at radius 1 is 0.963 bits per heavy atom. The van der Waals surface area contributed by atoms with Crippen LogP contribution in [0.25, 0.3) is 0 Å². The van der Waals surface area contributed by atoms with Crippen LogP contribution in [-0.2, 0) is 9.84 Å². The highest BCUT2D eigenvalue weighted by Crippen LogP contribution is 2.15. The molecule has 2 rings (SSSR count). The first-order valence-electron chi connectivity index (χ1n) is 8.52. The first kappa shape index (κ1) is 23.8. The third kappa shape index (κ3) is 8.98. The number of rotatable bonds is 9. The molecular formula is C19H26IN3O2S2. The molecule has 0 atom stereocenters. The lowest BCUT2D eigenvalue weighted by molar-refractivity contribution is 0.592. The third-order valence-corrected chi connectivity index (χ3v) is 6.44. The number of nitrogens with one attached hydrogen (secondary N) is 2. The quantitative estimate of drug-likeness (QED) is 0.175. The van der Waals surface area contributed by atoms with Crippen LogP contribution in [0, 0.1) is 0 Å². The van der Waals surface area contributed by atoms with Gasteiger partial charge in [-0.15, -0.1) is 35.7 Å². The maximum absolute atomic E-state index is 12.2. The Morgan fingerprint density at radius 3 is 2.19 bits per heavy atom. The van der Waals surface area contributed by atoms with Gasteiger partial charge in [0.25, 0.3) is 0 Å². The molecule has 2 aromatic rings. The molecule has 0 aliphatic carbocycles. The number of sulfone groups is 1. The Bertz CT molecular complexity index is 785. The van der Waals surface area contributed by atoms with E-state index in [-0.39, 0.29) is 29.7 Å². The molecule has 2 aromatic carbocycles. The van der Waals surface area contributed by atoms with Crippen molar-refractivity contribution in [1.82, 2.24) is 10.6 Å². The summed E-state index contributed by atoms with van der Waals surface area (Å²) >= 11 is 1.78. The Kier molecular flexibility index (Phi) is 11.5. The molecule has 0 amide bonds. The molecular weight excluding hydrogens is 493 g/mol. The highest BCUT2D eigenvalue weighted by molar-refractivity contribution is 14.0. The Labute approximate surface area is 183 Å². The predicted octanol–water partition coefficient (Wildman–Crippen LogP) is 3.43. The summed E-state index contributed by atoms with van der Waals surface area (Å²) in [6.07, 6.45) is 0.524. The van der Waals surface area contributed by atoms with Crippen LogP contribution in [0.3, 0.4) is 0 Å². The summed E-state index contributed by atoms with van der Waals surface area (Å²) in [6, 6.07) is 18.8. The molecule has 0 fully saturated rings. The first-order chi connectivity index (χ1) is 12.6. The molecule has 2 N–H and O–H groups in total. The van der Waals surface area contributed by atoms with Gasteiger partial charge in [-0.3, -0.25) is 4.99 Å². The van der Waals surface area contributed by atoms with Crippen molar-refractivity contribution in [2.75, 3.05) is 31.6 Å². The number of halogens is 1. The van der Waals surface area contributed by atoms with Gasteiger partial charge in [0.2, 0.25) is 0 Å². The molecule has 8 heteroatoms. The highest BCUT2D eigenvalue weighted by atomic mass is 127. The van der Waals surface area contributed by atoms with Crippen LogP contribution in [0.4, 0.5) is 0 Å². The van der Waals surface area contributed by atoms with Gasteiger partial charge in [-0.1, -0.05) is 36.4 Å². The molecule has 0 aliphatic heterocycles. The largest absolute Gasteiger partial charge is 0.356 e.